The molecule has 1 aliphatic rings. The maximum atomic E-state index is 11.0. The summed E-state index contributed by atoms with van der Waals surface area (Å²) in [6.07, 6.45) is -0.278. The van der Waals surface area contributed by atoms with Gasteiger partial charge in [-0.15, -0.1) is 0 Å². The van der Waals surface area contributed by atoms with Gasteiger partial charge in [0, 0.05) is 56.0 Å². The fourth-order valence-corrected chi connectivity index (χ4v) is 3.03. The Morgan fingerprint density at radius 1 is 1.04 bits per heavy atom. The summed E-state index contributed by atoms with van der Waals surface area (Å²) in [5.74, 6) is -0.826. The second-order valence-corrected chi connectivity index (χ2v) is 5.77. The highest BCUT2D eigenvalue weighted by molar-refractivity contribution is 5.47. The van der Waals surface area contributed by atoms with Gasteiger partial charge in [0.05, 0.1) is 16.0 Å². The molecule has 26 heavy (non-hydrogen) atoms. The minimum atomic E-state index is -1.22. The molecule has 2 aromatic rings. The number of methoxy groups -OCH3 is 2. The smallest absolute Gasteiger partial charge is 0.270 e. The largest absolute Gasteiger partial charge is 0.457 e. The lowest BCUT2D eigenvalue weighted by molar-refractivity contribution is -0.385. The molecule has 0 bridgehead atoms. The van der Waals surface area contributed by atoms with Gasteiger partial charge in [-0.25, -0.2) is 0 Å². The average molecular weight is 360 g/mol. The molecule has 0 aliphatic carbocycles. The third kappa shape index (κ3) is 2.98. The fraction of sp³-hybridized carbons (Fsp3) is 0.294. The molecule has 1 aliphatic heterocycles. The summed E-state index contributed by atoms with van der Waals surface area (Å²) in [5, 5.41) is 21.9. The van der Waals surface area contributed by atoms with E-state index >= 15 is 0 Å². The topological polar surface area (TPSA) is 114 Å². The maximum absolute atomic E-state index is 11.0. The van der Waals surface area contributed by atoms with E-state index in [0.29, 0.717) is 16.9 Å². The van der Waals surface area contributed by atoms with Gasteiger partial charge in [0.1, 0.15) is 5.75 Å². The molecule has 2 atom stereocenters. The first-order chi connectivity index (χ1) is 12.4. The van der Waals surface area contributed by atoms with Crippen LogP contribution in [0.1, 0.15) is 23.7 Å². The zero-order valence-corrected chi connectivity index (χ0v) is 14.1. The molecule has 0 amide bonds. The molecule has 2 aromatic carbocycles. The van der Waals surface area contributed by atoms with Crippen molar-refractivity contribution in [1.82, 2.24) is 0 Å². The Hall–Kier alpha value is -3.04. The molecule has 9 nitrogen and oxygen atoms in total. The van der Waals surface area contributed by atoms with Gasteiger partial charge < -0.3 is 14.2 Å². The van der Waals surface area contributed by atoms with Crippen LogP contribution in [0.15, 0.2) is 42.5 Å². The van der Waals surface area contributed by atoms with E-state index < -0.39 is 21.7 Å². The number of hydrogen-bond donors (Lipinski definition) is 0. The number of rotatable bonds is 5. The third-order valence-corrected chi connectivity index (χ3v) is 4.41. The van der Waals surface area contributed by atoms with E-state index in [2.05, 4.69) is 0 Å². The van der Waals surface area contributed by atoms with Gasteiger partial charge in [-0.05, 0) is 18.2 Å². The normalized spacial score (nSPS) is 21.5. The Morgan fingerprint density at radius 3 is 2.19 bits per heavy atom. The molecule has 1 heterocycles. The van der Waals surface area contributed by atoms with Gasteiger partial charge in [0.2, 0.25) is 5.79 Å². The second kappa shape index (κ2) is 6.70. The summed E-state index contributed by atoms with van der Waals surface area (Å²) in [5.41, 5.74) is 1.03. The Balaban J connectivity index is 2.04. The highest BCUT2D eigenvalue weighted by atomic mass is 16.7. The first-order valence-corrected chi connectivity index (χ1v) is 7.70. The van der Waals surface area contributed by atoms with Crippen LogP contribution in [0.5, 0.6) is 5.75 Å². The third-order valence-electron chi connectivity index (χ3n) is 4.41. The van der Waals surface area contributed by atoms with Gasteiger partial charge in [0.15, 0.2) is 0 Å². The van der Waals surface area contributed by atoms with Crippen LogP contribution in [0, 0.1) is 20.2 Å². The van der Waals surface area contributed by atoms with Crippen molar-refractivity contribution in [2.75, 3.05) is 14.2 Å². The lowest BCUT2D eigenvalue weighted by atomic mass is 9.91. The first kappa shape index (κ1) is 17.8. The number of nitro benzene ring substituents is 2. The van der Waals surface area contributed by atoms with Crippen LogP contribution in [0.25, 0.3) is 0 Å². The van der Waals surface area contributed by atoms with E-state index in [1.54, 1.807) is 12.1 Å². The Morgan fingerprint density at radius 2 is 1.65 bits per heavy atom. The molecule has 3 rings (SSSR count). The molecule has 0 unspecified atom stereocenters. The number of fused-ring (bicyclic) bond motifs is 1. The lowest BCUT2D eigenvalue weighted by Gasteiger charge is -2.40. The van der Waals surface area contributed by atoms with Crippen molar-refractivity contribution in [1.29, 1.82) is 0 Å². The second-order valence-electron chi connectivity index (χ2n) is 5.77. The molecule has 0 radical (unpaired) electrons. The molecular weight excluding hydrogens is 344 g/mol. The van der Waals surface area contributed by atoms with Crippen LogP contribution in [-0.4, -0.2) is 24.1 Å². The molecule has 0 N–H and O–H groups in total. The Labute approximate surface area is 148 Å². The predicted molar refractivity (Wildman–Crippen MR) is 89.9 cm³/mol. The molecule has 0 aromatic heterocycles. The standard InChI is InChI=1S/C17H16N2O7/c1-24-16-10-17(25-2,11-3-5-12(6-4-11)18(20)21)26-15-8-7-13(19(22)23)9-14(15)16/h3-9,16H,10H2,1-2H3/t16-,17+/m0/s1. The number of nitrogens with zero attached hydrogens (tertiary/aromatic N) is 2. The molecule has 9 heteroatoms. The minimum absolute atomic E-state index is 0.0462. The van der Waals surface area contributed by atoms with Crippen LogP contribution in [0.3, 0.4) is 0 Å². The van der Waals surface area contributed by atoms with Crippen molar-refractivity contribution in [3.63, 3.8) is 0 Å². The van der Waals surface area contributed by atoms with Crippen LogP contribution in [0.2, 0.25) is 0 Å². The van der Waals surface area contributed by atoms with Gasteiger partial charge in [-0.3, -0.25) is 20.2 Å². The van der Waals surface area contributed by atoms with Crippen molar-refractivity contribution in [3.05, 3.63) is 73.8 Å². The maximum Gasteiger partial charge on any atom is 0.270 e. The van der Waals surface area contributed by atoms with Crippen LogP contribution in [-0.2, 0) is 15.3 Å². The Bertz CT molecular complexity index is 853. The van der Waals surface area contributed by atoms with Crippen LogP contribution < -0.4 is 4.74 Å². The fourth-order valence-electron chi connectivity index (χ4n) is 3.03. The zero-order valence-electron chi connectivity index (χ0n) is 14.1. The van der Waals surface area contributed by atoms with E-state index in [9.17, 15) is 20.2 Å². The highest BCUT2D eigenvalue weighted by Gasteiger charge is 2.44. The Kier molecular flexibility index (Phi) is 4.58. The number of hydrogen-bond acceptors (Lipinski definition) is 7. The summed E-state index contributed by atoms with van der Waals surface area (Å²) < 4.78 is 17.2. The van der Waals surface area contributed by atoms with Crippen molar-refractivity contribution in [3.8, 4) is 5.75 Å². The van der Waals surface area contributed by atoms with E-state index in [1.165, 1.54) is 44.6 Å². The quantitative estimate of drug-likeness (QED) is 0.592. The first-order valence-electron chi connectivity index (χ1n) is 7.70. The predicted octanol–water partition coefficient (Wildman–Crippen LogP) is 3.47. The van der Waals surface area contributed by atoms with Gasteiger partial charge in [-0.2, -0.15) is 0 Å². The van der Waals surface area contributed by atoms with E-state index in [4.69, 9.17) is 14.2 Å². The summed E-state index contributed by atoms with van der Waals surface area (Å²) in [6.45, 7) is 0. The SMILES string of the molecule is CO[C@H]1C[C@](OC)(c2ccc([N+](=O)[O-])cc2)Oc2ccc([N+](=O)[O-])cc21. The van der Waals surface area contributed by atoms with Gasteiger partial charge >= 0.3 is 0 Å². The summed E-state index contributed by atoms with van der Waals surface area (Å²) in [7, 11) is 2.96. The average Bonchev–Trinajstić information content (AvgIpc) is 2.66. The molecule has 0 spiro atoms. The number of benzene rings is 2. The van der Waals surface area contributed by atoms with Crippen LogP contribution >= 0.6 is 0 Å². The summed E-state index contributed by atoms with van der Waals surface area (Å²) in [6, 6.07) is 10.1. The summed E-state index contributed by atoms with van der Waals surface area (Å²) >= 11 is 0. The number of non-ortho nitro benzene ring substituents is 2. The molecule has 136 valence electrons. The highest BCUT2D eigenvalue weighted by Crippen LogP contribution is 2.47. The van der Waals surface area contributed by atoms with E-state index in [0.717, 1.165) is 0 Å². The van der Waals surface area contributed by atoms with Gasteiger partial charge in [-0.1, -0.05) is 0 Å². The monoisotopic (exact) mass is 360 g/mol. The van der Waals surface area contributed by atoms with Crippen molar-refractivity contribution in [2.45, 2.75) is 18.3 Å². The van der Waals surface area contributed by atoms with E-state index in [-0.39, 0.29) is 17.8 Å². The van der Waals surface area contributed by atoms with E-state index in [1.807, 2.05) is 0 Å². The summed E-state index contributed by atoms with van der Waals surface area (Å²) in [4.78, 5) is 20.9. The minimum Gasteiger partial charge on any atom is -0.457 e. The van der Waals surface area contributed by atoms with Crippen molar-refractivity contribution in [2.24, 2.45) is 0 Å². The molecular formula is C17H16N2O7. The molecule has 0 fully saturated rings. The van der Waals surface area contributed by atoms with Crippen molar-refractivity contribution < 1.29 is 24.1 Å². The van der Waals surface area contributed by atoms with Crippen LogP contribution in [0.4, 0.5) is 11.4 Å². The van der Waals surface area contributed by atoms with Gasteiger partial charge in [0.25, 0.3) is 11.4 Å². The number of ether oxygens (including phenoxy) is 3. The molecule has 0 saturated heterocycles. The zero-order chi connectivity index (χ0) is 18.9. The molecule has 0 saturated carbocycles. The lowest BCUT2D eigenvalue weighted by Crippen LogP contribution is -2.40. The number of nitro groups is 2. The van der Waals surface area contributed by atoms with Crippen molar-refractivity contribution >= 4 is 11.4 Å².